The van der Waals surface area contributed by atoms with E-state index in [-0.39, 0.29) is 5.75 Å². The SMILES string of the molecule is CC(C)(C)OC(=O)C(N)(CSC(c1ccccc1)(c1ccccc1)c1ccccc1)C(=O)O. The fourth-order valence-corrected chi connectivity index (χ4v) is 5.16. The Labute approximate surface area is 199 Å². The maximum Gasteiger partial charge on any atom is 0.339 e. The van der Waals surface area contributed by atoms with Gasteiger partial charge >= 0.3 is 11.9 Å². The van der Waals surface area contributed by atoms with Crippen LogP contribution < -0.4 is 5.73 Å². The summed E-state index contributed by atoms with van der Waals surface area (Å²) in [5.74, 6) is -2.58. The van der Waals surface area contributed by atoms with Crippen molar-refractivity contribution in [1.29, 1.82) is 0 Å². The molecule has 0 saturated heterocycles. The van der Waals surface area contributed by atoms with E-state index >= 15 is 0 Å². The lowest BCUT2D eigenvalue weighted by molar-refractivity contribution is -0.167. The lowest BCUT2D eigenvalue weighted by atomic mass is 9.84. The normalized spacial score (nSPS) is 13.7. The largest absolute Gasteiger partial charge is 0.479 e. The number of carbonyl (C=O) groups is 2. The molecule has 3 rings (SSSR count). The van der Waals surface area contributed by atoms with Crippen molar-refractivity contribution in [3.63, 3.8) is 0 Å². The van der Waals surface area contributed by atoms with Crippen LogP contribution in [0.15, 0.2) is 91.0 Å². The molecule has 0 spiro atoms. The van der Waals surface area contributed by atoms with Crippen molar-refractivity contribution in [1.82, 2.24) is 0 Å². The summed E-state index contributed by atoms with van der Waals surface area (Å²) in [6.07, 6.45) is 0. The molecular formula is C27H29NO4S. The van der Waals surface area contributed by atoms with Crippen LogP contribution in [0.2, 0.25) is 0 Å². The molecule has 0 aliphatic rings. The summed E-state index contributed by atoms with van der Waals surface area (Å²) < 4.78 is 4.59. The van der Waals surface area contributed by atoms with E-state index in [1.807, 2.05) is 91.0 Å². The molecule has 3 aromatic rings. The highest BCUT2D eigenvalue weighted by atomic mass is 32.2. The first kappa shape index (κ1) is 24.6. The molecule has 0 radical (unpaired) electrons. The molecule has 3 N–H and O–H groups in total. The summed E-state index contributed by atoms with van der Waals surface area (Å²) >= 11 is 1.31. The molecule has 1 unspecified atom stereocenters. The molecule has 172 valence electrons. The monoisotopic (exact) mass is 463 g/mol. The maximum atomic E-state index is 12.9. The zero-order valence-electron chi connectivity index (χ0n) is 19.0. The number of aliphatic carboxylic acids is 1. The summed E-state index contributed by atoms with van der Waals surface area (Å²) in [5.41, 5.74) is 6.00. The minimum Gasteiger partial charge on any atom is -0.479 e. The first-order chi connectivity index (χ1) is 15.6. The van der Waals surface area contributed by atoms with Gasteiger partial charge in [-0.1, -0.05) is 91.0 Å². The molecule has 0 amide bonds. The van der Waals surface area contributed by atoms with Gasteiger partial charge in [0.2, 0.25) is 5.54 Å². The third-order valence-corrected chi connectivity index (χ3v) is 6.94. The third-order valence-electron chi connectivity index (χ3n) is 5.20. The van der Waals surface area contributed by atoms with Crippen LogP contribution in [-0.4, -0.2) is 33.9 Å². The van der Waals surface area contributed by atoms with Crippen LogP contribution in [0.1, 0.15) is 37.5 Å². The third kappa shape index (κ3) is 5.29. The maximum absolute atomic E-state index is 12.9. The molecule has 1 atom stereocenters. The average Bonchev–Trinajstić information content (AvgIpc) is 2.80. The van der Waals surface area contributed by atoms with E-state index in [0.717, 1.165) is 16.7 Å². The Hall–Kier alpha value is -3.09. The van der Waals surface area contributed by atoms with Crippen molar-refractivity contribution in [2.45, 2.75) is 36.7 Å². The Bertz CT molecular complexity index is 985. The Kier molecular flexibility index (Phi) is 7.30. The lowest BCUT2D eigenvalue weighted by Gasteiger charge is -2.37. The number of ether oxygens (including phenoxy) is 1. The molecule has 5 nitrogen and oxygen atoms in total. The van der Waals surface area contributed by atoms with E-state index in [1.165, 1.54) is 11.8 Å². The predicted octanol–water partition coefficient (Wildman–Crippen LogP) is 4.84. The second-order valence-electron chi connectivity index (χ2n) is 8.85. The molecule has 0 aliphatic heterocycles. The van der Waals surface area contributed by atoms with E-state index in [1.54, 1.807) is 20.8 Å². The fourth-order valence-electron chi connectivity index (χ4n) is 3.57. The van der Waals surface area contributed by atoms with Gasteiger partial charge in [0.1, 0.15) is 5.60 Å². The van der Waals surface area contributed by atoms with E-state index < -0.39 is 27.8 Å². The smallest absolute Gasteiger partial charge is 0.339 e. The van der Waals surface area contributed by atoms with Crippen molar-refractivity contribution in [3.8, 4) is 0 Å². The van der Waals surface area contributed by atoms with Crippen LogP contribution in [0.5, 0.6) is 0 Å². The minimum atomic E-state index is -2.22. The van der Waals surface area contributed by atoms with Crippen LogP contribution in [0.3, 0.4) is 0 Å². The molecule has 0 heterocycles. The number of thioether (sulfide) groups is 1. The van der Waals surface area contributed by atoms with Crippen molar-refractivity contribution in [2.75, 3.05) is 5.75 Å². The molecule has 3 aromatic carbocycles. The van der Waals surface area contributed by atoms with Gasteiger partial charge in [-0.05, 0) is 37.5 Å². The van der Waals surface area contributed by atoms with Gasteiger partial charge in [0.15, 0.2) is 0 Å². The van der Waals surface area contributed by atoms with Gasteiger partial charge in [-0.2, -0.15) is 0 Å². The molecular weight excluding hydrogens is 434 g/mol. The second-order valence-corrected chi connectivity index (χ2v) is 10.0. The van der Waals surface area contributed by atoms with E-state index in [9.17, 15) is 14.7 Å². The molecule has 6 heteroatoms. The summed E-state index contributed by atoms with van der Waals surface area (Å²) in [6.45, 7) is 5.05. The summed E-state index contributed by atoms with van der Waals surface area (Å²) in [6, 6.07) is 29.4. The van der Waals surface area contributed by atoms with Gasteiger partial charge in [-0.3, -0.25) is 0 Å². The number of benzene rings is 3. The Morgan fingerprint density at radius 1 is 0.788 bits per heavy atom. The zero-order valence-corrected chi connectivity index (χ0v) is 19.8. The minimum absolute atomic E-state index is 0.198. The van der Waals surface area contributed by atoms with Gasteiger partial charge in [0.05, 0.1) is 4.75 Å². The van der Waals surface area contributed by atoms with Crippen LogP contribution in [0, 0.1) is 0 Å². The Balaban J connectivity index is 2.16. The highest BCUT2D eigenvalue weighted by Crippen LogP contribution is 2.49. The summed E-state index contributed by atoms with van der Waals surface area (Å²) in [5, 5.41) is 9.97. The van der Waals surface area contributed by atoms with Crippen LogP contribution >= 0.6 is 11.8 Å². The molecule has 0 bridgehead atoms. The Morgan fingerprint density at radius 3 is 1.45 bits per heavy atom. The standard InChI is InChI=1S/C27H29NO4S/c1-25(2,3)32-24(31)26(28,23(29)30)19-33-27(20-13-7-4-8-14-20,21-15-9-5-10-16-21)22-17-11-6-12-18-22/h4-18H,19,28H2,1-3H3,(H,29,30). The quantitative estimate of drug-likeness (QED) is 0.282. The molecule has 0 saturated carbocycles. The van der Waals surface area contributed by atoms with Crippen molar-refractivity contribution < 1.29 is 19.4 Å². The second kappa shape index (κ2) is 9.81. The summed E-state index contributed by atoms with van der Waals surface area (Å²) in [7, 11) is 0. The first-order valence-electron chi connectivity index (χ1n) is 10.7. The van der Waals surface area contributed by atoms with Crippen LogP contribution in [0.4, 0.5) is 0 Å². The van der Waals surface area contributed by atoms with Gasteiger partial charge in [0.25, 0.3) is 0 Å². The molecule has 0 aromatic heterocycles. The van der Waals surface area contributed by atoms with Crippen molar-refractivity contribution in [3.05, 3.63) is 108 Å². The molecule has 0 fully saturated rings. The predicted molar refractivity (Wildman–Crippen MR) is 132 cm³/mol. The first-order valence-corrected chi connectivity index (χ1v) is 11.6. The highest BCUT2D eigenvalue weighted by molar-refractivity contribution is 8.00. The number of hydrogen-bond donors (Lipinski definition) is 2. The van der Waals surface area contributed by atoms with Crippen LogP contribution in [-0.2, 0) is 19.1 Å². The number of hydrogen-bond acceptors (Lipinski definition) is 5. The number of carbonyl (C=O) groups excluding carboxylic acids is 1. The number of esters is 1. The van der Waals surface area contributed by atoms with E-state index in [2.05, 4.69) is 0 Å². The van der Waals surface area contributed by atoms with Gasteiger partial charge in [0, 0.05) is 5.75 Å². The number of carboxylic acids is 1. The Morgan fingerprint density at radius 2 is 1.15 bits per heavy atom. The van der Waals surface area contributed by atoms with Gasteiger partial charge in [-0.25, -0.2) is 9.59 Å². The molecule has 0 aliphatic carbocycles. The van der Waals surface area contributed by atoms with E-state index in [4.69, 9.17) is 10.5 Å². The van der Waals surface area contributed by atoms with Gasteiger partial charge in [-0.15, -0.1) is 11.8 Å². The summed E-state index contributed by atoms with van der Waals surface area (Å²) in [4.78, 5) is 25.1. The number of nitrogens with two attached hydrogens (primary N) is 1. The van der Waals surface area contributed by atoms with Crippen LogP contribution in [0.25, 0.3) is 0 Å². The zero-order chi connectivity index (χ0) is 24.1. The van der Waals surface area contributed by atoms with Crippen molar-refractivity contribution >= 4 is 23.7 Å². The fraction of sp³-hybridized carbons (Fsp3) is 0.259. The molecule has 33 heavy (non-hydrogen) atoms. The lowest BCUT2D eigenvalue weighted by Crippen LogP contribution is -2.59. The van der Waals surface area contributed by atoms with Gasteiger partial charge < -0.3 is 15.6 Å². The topological polar surface area (TPSA) is 89.6 Å². The van der Waals surface area contributed by atoms with Crippen molar-refractivity contribution in [2.24, 2.45) is 5.73 Å². The highest BCUT2D eigenvalue weighted by Gasteiger charge is 2.49. The number of carboxylic acid groups (broad SMARTS) is 1. The number of rotatable bonds is 8. The average molecular weight is 464 g/mol. The van der Waals surface area contributed by atoms with E-state index in [0.29, 0.717) is 0 Å².